The molecular weight excluding hydrogens is 323 g/mol. The molecule has 23 heavy (non-hydrogen) atoms. The van der Waals surface area contributed by atoms with Crippen LogP contribution in [0, 0.1) is 5.82 Å². The van der Waals surface area contributed by atoms with Gasteiger partial charge in [-0.3, -0.25) is 14.4 Å². The molecule has 3 rings (SSSR count). The van der Waals surface area contributed by atoms with E-state index < -0.39 is 23.5 Å². The van der Waals surface area contributed by atoms with Crippen LogP contribution in [-0.4, -0.2) is 17.7 Å². The van der Waals surface area contributed by atoms with Crippen molar-refractivity contribution in [1.82, 2.24) is 0 Å². The Labute approximate surface area is 135 Å². The maximum Gasteiger partial charge on any atom is 0.266 e. The minimum absolute atomic E-state index is 0.0618. The van der Waals surface area contributed by atoms with Crippen LogP contribution in [0.25, 0.3) is 0 Å². The molecule has 1 aliphatic rings. The molecule has 0 bridgehead atoms. The lowest BCUT2D eigenvalue weighted by Gasteiger charge is -2.19. The lowest BCUT2D eigenvalue weighted by Crippen LogP contribution is -2.30. The minimum Gasteiger partial charge on any atom is -0.324 e. The average molecular weight is 333 g/mol. The van der Waals surface area contributed by atoms with E-state index in [9.17, 15) is 18.8 Å². The summed E-state index contributed by atoms with van der Waals surface area (Å²) in [6.45, 7) is 1.25. The Kier molecular flexibility index (Phi) is 3.61. The van der Waals surface area contributed by atoms with Gasteiger partial charge in [0.05, 0.1) is 27.5 Å². The number of hydrogen-bond acceptors (Lipinski definition) is 3. The van der Waals surface area contributed by atoms with Gasteiger partial charge in [0.2, 0.25) is 5.91 Å². The fraction of sp³-hybridized carbons (Fsp3) is 0.0625. The topological polar surface area (TPSA) is 66.5 Å². The first-order valence-electron chi connectivity index (χ1n) is 6.64. The second-order valence-corrected chi connectivity index (χ2v) is 5.36. The number of fused-ring (bicyclic) bond motifs is 1. The number of hydrogen-bond donors (Lipinski definition) is 1. The number of carbonyl (C=O) groups is 3. The molecule has 0 spiro atoms. The normalized spacial score (nSPS) is 13.3. The molecule has 5 nitrogen and oxygen atoms in total. The number of nitrogens with zero attached hydrogens (tertiary/aromatic N) is 1. The Morgan fingerprint density at radius 3 is 2.22 bits per heavy atom. The van der Waals surface area contributed by atoms with E-state index >= 15 is 0 Å². The van der Waals surface area contributed by atoms with Crippen molar-refractivity contribution >= 4 is 40.7 Å². The monoisotopic (exact) mass is 332 g/mol. The highest BCUT2D eigenvalue weighted by molar-refractivity contribution is 6.36. The zero-order valence-electron chi connectivity index (χ0n) is 11.9. The fourth-order valence-electron chi connectivity index (χ4n) is 2.42. The Morgan fingerprint density at radius 2 is 1.70 bits per heavy atom. The summed E-state index contributed by atoms with van der Waals surface area (Å²) in [7, 11) is 0. The molecule has 3 amide bonds. The van der Waals surface area contributed by atoms with E-state index in [0.29, 0.717) is 0 Å². The first-order valence-corrected chi connectivity index (χ1v) is 7.02. The van der Waals surface area contributed by atoms with Crippen molar-refractivity contribution in [3.8, 4) is 0 Å². The van der Waals surface area contributed by atoms with E-state index in [4.69, 9.17) is 11.6 Å². The SMILES string of the molecule is CC(=O)Nc1cc(Cl)c(F)cc1N1C(=O)c2ccccc2C1=O. The summed E-state index contributed by atoms with van der Waals surface area (Å²) < 4.78 is 13.8. The van der Waals surface area contributed by atoms with Crippen LogP contribution in [0.1, 0.15) is 27.6 Å². The average Bonchev–Trinajstić information content (AvgIpc) is 2.75. The summed E-state index contributed by atoms with van der Waals surface area (Å²) in [5, 5.41) is 2.22. The number of anilines is 2. The number of rotatable bonds is 2. The van der Waals surface area contributed by atoms with Crippen molar-refractivity contribution in [2.24, 2.45) is 0 Å². The predicted octanol–water partition coefficient (Wildman–Crippen LogP) is 3.24. The number of amides is 3. The van der Waals surface area contributed by atoms with Crippen LogP contribution in [0.5, 0.6) is 0 Å². The van der Waals surface area contributed by atoms with Crippen molar-refractivity contribution in [2.75, 3.05) is 10.2 Å². The van der Waals surface area contributed by atoms with E-state index in [-0.39, 0.29) is 27.5 Å². The van der Waals surface area contributed by atoms with E-state index in [0.717, 1.165) is 17.0 Å². The molecule has 2 aromatic carbocycles. The number of imide groups is 1. The lowest BCUT2D eigenvalue weighted by atomic mass is 10.1. The third kappa shape index (κ3) is 2.47. The molecule has 1 aliphatic heterocycles. The van der Waals surface area contributed by atoms with E-state index in [2.05, 4.69) is 5.32 Å². The van der Waals surface area contributed by atoms with Gasteiger partial charge in [0.15, 0.2) is 0 Å². The smallest absolute Gasteiger partial charge is 0.266 e. The minimum atomic E-state index is -0.799. The molecule has 116 valence electrons. The second kappa shape index (κ2) is 5.48. The first kappa shape index (κ1) is 15.2. The molecule has 0 aliphatic carbocycles. The summed E-state index contributed by atoms with van der Waals surface area (Å²) in [4.78, 5) is 37.1. The third-order valence-corrected chi connectivity index (χ3v) is 3.67. The van der Waals surface area contributed by atoms with E-state index in [1.165, 1.54) is 19.1 Å². The van der Waals surface area contributed by atoms with Gasteiger partial charge < -0.3 is 5.32 Å². The fourth-order valence-corrected chi connectivity index (χ4v) is 2.58. The van der Waals surface area contributed by atoms with Gasteiger partial charge in [0.25, 0.3) is 11.8 Å². The summed E-state index contributed by atoms with van der Waals surface area (Å²) in [5.74, 6) is -2.41. The predicted molar refractivity (Wildman–Crippen MR) is 83.3 cm³/mol. The molecule has 1 heterocycles. The van der Waals surface area contributed by atoms with Crippen LogP contribution in [0.2, 0.25) is 5.02 Å². The molecule has 0 saturated heterocycles. The number of halogens is 2. The van der Waals surface area contributed by atoms with Crippen molar-refractivity contribution < 1.29 is 18.8 Å². The van der Waals surface area contributed by atoms with Crippen LogP contribution < -0.4 is 10.2 Å². The van der Waals surface area contributed by atoms with Gasteiger partial charge >= 0.3 is 0 Å². The molecular formula is C16H10ClFN2O3. The summed E-state index contributed by atoms with van der Waals surface area (Å²) in [6.07, 6.45) is 0. The Balaban J connectivity index is 2.16. The van der Waals surface area contributed by atoms with Crippen LogP contribution in [0.4, 0.5) is 15.8 Å². The Hall–Kier alpha value is -2.73. The van der Waals surface area contributed by atoms with E-state index in [1.54, 1.807) is 12.1 Å². The molecule has 0 atom stereocenters. The largest absolute Gasteiger partial charge is 0.324 e. The van der Waals surface area contributed by atoms with Gasteiger partial charge in [0.1, 0.15) is 5.82 Å². The maximum absolute atomic E-state index is 13.8. The zero-order valence-corrected chi connectivity index (χ0v) is 12.6. The van der Waals surface area contributed by atoms with Gasteiger partial charge in [-0.2, -0.15) is 0 Å². The molecule has 0 saturated carbocycles. The highest BCUT2D eigenvalue weighted by Crippen LogP contribution is 2.36. The Morgan fingerprint density at radius 1 is 1.13 bits per heavy atom. The Bertz CT molecular complexity index is 831. The van der Waals surface area contributed by atoms with Gasteiger partial charge in [0, 0.05) is 13.0 Å². The van der Waals surface area contributed by atoms with Gasteiger partial charge in [-0.15, -0.1) is 0 Å². The molecule has 0 radical (unpaired) electrons. The summed E-state index contributed by atoms with van der Waals surface area (Å²) in [6, 6.07) is 8.40. The molecule has 0 unspecified atom stereocenters. The highest BCUT2D eigenvalue weighted by Gasteiger charge is 2.38. The molecule has 0 aromatic heterocycles. The highest BCUT2D eigenvalue weighted by atomic mass is 35.5. The van der Waals surface area contributed by atoms with E-state index in [1.807, 2.05) is 0 Å². The lowest BCUT2D eigenvalue weighted by molar-refractivity contribution is -0.114. The van der Waals surface area contributed by atoms with Gasteiger partial charge in [-0.1, -0.05) is 23.7 Å². The maximum atomic E-state index is 13.8. The summed E-state index contributed by atoms with van der Waals surface area (Å²) >= 11 is 5.72. The molecule has 0 fully saturated rings. The number of nitrogens with one attached hydrogen (secondary N) is 1. The molecule has 7 heteroatoms. The first-order chi connectivity index (χ1) is 10.9. The van der Waals surface area contributed by atoms with Crippen molar-refractivity contribution in [3.05, 3.63) is 58.4 Å². The molecule has 2 aromatic rings. The second-order valence-electron chi connectivity index (χ2n) is 4.96. The summed E-state index contributed by atoms with van der Waals surface area (Å²) in [5.41, 5.74) is 0.468. The third-order valence-electron chi connectivity index (χ3n) is 3.38. The zero-order chi connectivity index (χ0) is 16.7. The number of carbonyl (C=O) groups excluding carboxylic acids is 3. The van der Waals surface area contributed by atoms with Crippen LogP contribution in [-0.2, 0) is 4.79 Å². The quantitative estimate of drug-likeness (QED) is 0.858. The van der Waals surface area contributed by atoms with Crippen LogP contribution in [0.15, 0.2) is 36.4 Å². The molecule has 1 N–H and O–H groups in total. The van der Waals surface area contributed by atoms with Crippen LogP contribution in [0.3, 0.4) is 0 Å². The van der Waals surface area contributed by atoms with Gasteiger partial charge in [-0.05, 0) is 18.2 Å². The standard InChI is InChI=1S/C16H10ClFN2O3/c1-8(21)19-13-6-11(17)12(18)7-14(13)20-15(22)9-4-2-3-5-10(9)16(20)23/h2-7H,1H3,(H,19,21). The van der Waals surface area contributed by atoms with Crippen LogP contribution >= 0.6 is 11.6 Å². The number of benzene rings is 2. The van der Waals surface area contributed by atoms with Crippen molar-refractivity contribution in [3.63, 3.8) is 0 Å². The van der Waals surface area contributed by atoms with Gasteiger partial charge in [-0.25, -0.2) is 9.29 Å². The van der Waals surface area contributed by atoms with Crippen molar-refractivity contribution in [2.45, 2.75) is 6.92 Å². The van der Waals surface area contributed by atoms with Crippen molar-refractivity contribution in [1.29, 1.82) is 0 Å².